The fourth-order valence-corrected chi connectivity index (χ4v) is 6.43. The van der Waals surface area contributed by atoms with Crippen molar-refractivity contribution in [1.82, 2.24) is 19.4 Å². The normalized spacial score (nSPS) is 18.0. The van der Waals surface area contributed by atoms with Gasteiger partial charge in [0.25, 0.3) is 5.91 Å². The zero-order valence-corrected chi connectivity index (χ0v) is 22.8. The van der Waals surface area contributed by atoms with Gasteiger partial charge in [0.2, 0.25) is 15.9 Å². The van der Waals surface area contributed by atoms with Crippen molar-refractivity contribution in [3.63, 3.8) is 0 Å². The van der Waals surface area contributed by atoms with Crippen molar-refractivity contribution in [2.45, 2.75) is 30.8 Å². The molecular formula is C27H30FN7O4S. The number of aromatic nitrogens is 2. The summed E-state index contributed by atoms with van der Waals surface area (Å²) in [4.78, 5) is 30.2. The van der Waals surface area contributed by atoms with E-state index in [0.29, 0.717) is 22.5 Å². The van der Waals surface area contributed by atoms with Crippen LogP contribution in [0.1, 0.15) is 34.5 Å². The second kappa shape index (κ2) is 10.3. The number of hydrogen-bond acceptors (Lipinski definition) is 7. The lowest BCUT2D eigenvalue weighted by Gasteiger charge is -2.35. The number of fused-ring (bicyclic) bond motifs is 1. The molecule has 210 valence electrons. The molecule has 0 bridgehead atoms. The van der Waals surface area contributed by atoms with E-state index in [-0.39, 0.29) is 35.6 Å². The van der Waals surface area contributed by atoms with Crippen molar-refractivity contribution in [2.24, 2.45) is 5.92 Å². The predicted octanol–water partition coefficient (Wildman–Crippen LogP) is 2.61. The van der Waals surface area contributed by atoms with Crippen molar-refractivity contribution in [3.8, 4) is 0 Å². The number of sulfonamides is 1. The number of rotatable bonds is 7. The largest absolute Gasteiger partial charge is 0.367 e. The molecule has 6 rings (SSSR count). The molecule has 0 unspecified atom stereocenters. The average molecular weight is 568 g/mol. The molecule has 2 aliphatic heterocycles. The fraction of sp³-hybridized carbons (Fsp3) is 0.370. The number of aromatic amines is 1. The number of H-pyrrole nitrogens is 1. The summed E-state index contributed by atoms with van der Waals surface area (Å²) in [5.74, 6) is -0.885. The van der Waals surface area contributed by atoms with E-state index in [1.165, 1.54) is 22.5 Å². The maximum atomic E-state index is 13.7. The summed E-state index contributed by atoms with van der Waals surface area (Å²) in [6.07, 6.45) is 1.73. The van der Waals surface area contributed by atoms with Gasteiger partial charge in [0.15, 0.2) is 5.82 Å². The van der Waals surface area contributed by atoms with E-state index in [0.717, 1.165) is 50.8 Å². The highest BCUT2D eigenvalue weighted by Crippen LogP contribution is 2.35. The Morgan fingerprint density at radius 1 is 1.02 bits per heavy atom. The molecule has 2 fully saturated rings. The number of carbonyl (C=O) groups excluding carboxylic acids is 2. The Hall–Kier alpha value is -3.81. The van der Waals surface area contributed by atoms with Crippen LogP contribution in [0.15, 0.2) is 47.4 Å². The minimum atomic E-state index is -3.95. The van der Waals surface area contributed by atoms with E-state index in [4.69, 9.17) is 0 Å². The molecule has 0 radical (unpaired) electrons. The highest BCUT2D eigenvalue weighted by molar-refractivity contribution is 7.89. The lowest BCUT2D eigenvalue weighted by atomic mass is 10.1. The molecule has 1 saturated carbocycles. The van der Waals surface area contributed by atoms with Crippen molar-refractivity contribution >= 4 is 39.0 Å². The summed E-state index contributed by atoms with van der Waals surface area (Å²) < 4.78 is 41.0. The van der Waals surface area contributed by atoms with Crippen molar-refractivity contribution in [3.05, 3.63) is 65.1 Å². The Bertz CT molecular complexity index is 1580. The predicted molar refractivity (Wildman–Crippen MR) is 147 cm³/mol. The fourth-order valence-electron chi connectivity index (χ4n) is 5.02. The summed E-state index contributed by atoms with van der Waals surface area (Å²) >= 11 is 0. The summed E-state index contributed by atoms with van der Waals surface area (Å²) in [6, 6.07) is 10.1. The van der Waals surface area contributed by atoms with Crippen LogP contribution in [-0.2, 0) is 27.9 Å². The molecule has 1 saturated heterocycles. The van der Waals surface area contributed by atoms with Gasteiger partial charge in [-0.05, 0) is 56.3 Å². The first kappa shape index (κ1) is 26.4. The first-order valence-electron chi connectivity index (χ1n) is 13.2. The number of nitrogens with zero attached hydrogens (tertiary/aromatic N) is 4. The van der Waals surface area contributed by atoms with Gasteiger partial charge < -0.3 is 20.4 Å². The van der Waals surface area contributed by atoms with E-state index in [2.05, 4.69) is 37.7 Å². The van der Waals surface area contributed by atoms with Gasteiger partial charge in [-0.2, -0.15) is 9.40 Å². The van der Waals surface area contributed by atoms with Crippen molar-refractivity contribution in [1.29, 1.82) is 0 Å². The van der Waals surface area contributed by atoms with Crippen LogP contribution in [0, 0.1) is 11.7 Å². The second-order valence-corrected chi connectivity index (χ2v) is 12.4. The second-order valence-electron chi connectivity index (χ2n) is 10.5. The number of anilines is 3. The molecule has 3 heterocycles. The first-order valence-corrected chi connectivity index (χ1v) is 14.6. The number of halogens is 1. The molecule has 1 aromatic heterocycles. The minimum absolute atomic E-state index is 0.0102. The molecule has 1 aliphatic carbocycles. The Balaban J connectivity index is 1.20. The molecule has 2 aromatic carbocycles. The lowest BCUT2D eigenvalue weighted by molar-refractivity contribution is -0.117. The molecule has 3 aliphatic rings. The Labute approximate surface area is 231 Å². The van der Waals surface area contributed by atoms with E-state index < -0.39 is 21.7 Å². The minimum Gasteiger partial charge on any atom is -0.367 e. The summed E-state index contributed by atoms with van der Waals surface area (Å²) in [7, 11) is -1.88. The van der Waals surface area contributed by atoms with Gasteiger partial charge in [0.1, 0.15) is 5.82 Å². The van der Waals surface area contributed by atoms with E-state index in [1.807, 2.05) is 6.07 Å². The highest BCUT2D eigenvalue weighted by atomic mass is 32.2. The number of piperazine rings is 1. The number of hydrogen-bond donors (Lipinski definition) is 3. The number of amides is 2. The SMILES string of the molecule is CN1CCN(c2ccc(C(=O)Nc3n[nH]c4c3CN(S(=O)(=O)c3cccc(F)c3)C4)cc2NC(=O)C2CC2)CC1. The monoisotopic (exact) mass is 567 g/mol. The third-order valence-corrected chi connectivity index (χ3v) is 9.38. The first-order chi connectivity index (χ1) is 19.2. The lowest BCUT2D eigenvalue weighted by Crippen LogP contribution is -2.44. The number of nitrogens with one attached hydrogen (secondary N) is 3. The van der Waals surface area contributed by atoms with Gasteiger partial charge in [0, 0.05) is 49.8 Å². The van der Waals surface area contributed by atoms with E-state index in [1.54, 1.807) is 12.1 Å². The Morgan fingerprint density at radius 2 is 1.80 bits per heavy atom. The van der Waals surface area contributed by atoms with Gasteiger partial charge in [-0.3, -0.25) is 14.7 Å². The van der Waals surface area contributed by atoms with Crippen LogP contribution in [0.4, 0.5) is 21.6 Å². The third kappa shape index (κ3) is 5.19. The third-order valence-electron chi connectivity index (χ3n) is 7.60. The van der Waals surface area contributed by atoms with Crippen LogP contribution in [0.5, 0.6) is 0 Å². The van der Waals surface area contributed by atoms with Gasteiger partial charge in [0.05, 0.1) is 28.5 Å². The molecular weight excluding hydrogens is 537 g/mol. The highest BCUT2D eigenvalue weighted by Gasteiger charge is 2.35. The molecule has 3 aromatic rings. The zero-order valence-electron chi connectivity index (χ0n) is 22.0. The Kier molecular flexibility index (Phi) is 6.80. The van der Waals surface area contributed by atoms with Crippen LogP contribution in [0.25, 0.3) is 0 Å². The van der Waals surface area contributed by atoms with Crippen molar-refractivity contribution < 1.29 is 22.4 Å². The topological polar surface area (TPSA) is 131 Å². The van der Waals surface area contributed by atoms with Gasteiger partial charge in [-0.1, -0.05) is 6.07 Å². The van der Waals surface area contributed by atoms with E-state index >= 15 is 0 Å². The quantitative estimate of drug-likeness (QED) is 0.400. The number of likely N-dealkylation sites (N-methyl/N-ethyl adjacent to an activating group) is 1. The van der Waals surface area contributed by atoms with Crippen LogP contribution >= 0.6 is 0 Å². The maximum absolute atomic E-state index is 13.7. The molecule has 40 heavy (non-hydrogen) atoms. The summed E-state index contributed by atoms with van der Waals surface area (Å²) in [5, 5.41) is 12.8. The van der Waals surface area contributed by atoms with Gasteiger partial charge in [-0.25, -0.2) is 12.8 Å². The molecule has 11 nitrogen and oxygen atoms in total. The van der Waals surface area contributed by atoms with Crippen molar-refractivity contribution in [2.75, 3.05) is 48.8 Å². The van der Waals surface area contributed by atoms with Crippen LogP contribution in [0.2, 0.25) is 0 Å². The molecule has 3 N–H and O–H groups in total. The molecule has 0 atom stereocenters. The number of benzene rings is 2. The molecule has 0 spiro atoms. The smallest absolute Gasteiger partial charge is 0.256 e. The molecule has 13 heteroatoms. The standard InChI is InChI=1S/C27H30FN7O4S/c1-33-9-11-34(12-10-33)24-8-7-18(13-22(24)29-26(36)17-5-6-17)27(37)30-25-21-15-35(16-23(21)31-32-25)40(38,39)20-4-2-3-19(28)14-20/h2-4,7-8,13-14,17H,5-6,9-12,15-16H2,1H3,(H,29,36)(H2,30,31,32,37). The average Bonchev–Trinajstić information content (AvgIpc) is 3.60. The van der Waals surface area contributed by atoms with Gasteiger partial charge >= 0.3 is 0 Å². The van der Waals surface area contributed by atoms with E-state index in [9.17, 15) is 22.4 Å². The van der Waals surface area contributed by atoms with Gasteiger partial charge in [-0.15, -0.1) is 0 Å². The van der Waals surface area contributed by atoms with Crippen LogP contribution in [-0.4, -0.2) is 72.9 Å². The maximum Gasteiger partial charge on any atom is 0.256 e. The van der Waals surface area contributed by atoms with Crippen LogP contribution in [0.3, 0.4) is 0 Å². The number of carbonyl (C=O) groups is 2. The Morgan fingerprint density at radius 3 is 2.52 bits per heavy atom. The molecule has 2 amide bonds. The zero-order chi connectivity index (χ0) is 28.0. The summed E-state index contributed by atoms with van der Waals surface area (Å²) in [5.41, 5.74) is 2.90. The summed E-state index contributed by atoms with van der Waals surface area (Å²) in [6.45, 7) is 3.41. The van der Waals surface area contributed by atoms with Crippen LogP contribution < -0.4 is 15.5 Å².